The van der Waals surface area contributed by atoms with E-state index in [2.05, 4.69) is 55.4 Å². The molecule has 2 aliphatic carbocycles. The molecule has 2 nitrogen and oxygen atoms in total. The minimum atomic E-state index is -1.08. The molecule has 0 amide bonds. The van der Waals surface area contributed by atoms with Crippen molar-refractivity contribution < 1.29 is 10.2 Å². The smallest absolute Gasteiger partial charge is 0.0945 e. The first kappa shape index (κ1) is 19.2. The van der Waals surface area contributed by atoms with Crippen molar-refractivity contribution in [1.82, 2.24) is 0 Å². The van der Waals surface area contributed by atoms with Crippen LogP contribution in [0.4, 0.5) is 0 Å². The lowest BCUT2D eigenvalue weighted by Crippen LogP contribution is -2.59. The van der Waals surface area contributed by atoms with E-state index in [1.54, 1.807) is 6.92 Å². The van der Waals surface area contributed by atoms with Crippen LogP contribution in [0.3, 0.4) is 0 Å². The third-order valence-corrected chi connectivity index (χ3v) is 7.87. The molecule has 0 aromatic heterocycles. The fraction of sp³-hybridized carbons (Fsp3) is 0.800. The Morgan fingerprint density at radius 1 is 1.35 bits per heavy atom. The summed E-state index contributed by atoms with van der Waals surface area (Å²) in [7, 11) is 0. The van der Waals surface area contributed by atoms with Crippen molar-refractivity contribution in [1.29, 1.82) is 0 Å². The van der Waals surface area contributed by atoms with Gasteiger partial charge in [-0.1, -0.05) is 61.0 Å². The molecule has 132 valence electrons. The van der Waals surface area contributed by atoms with Crippen LogP contribution in [0.15, 0.2) is 24.3 Å². The molecule has 1 fully saturated rings. The van der Waals surface area contributed by atoms with Gasteiger partial charge in [0.15, 0.2) is 0 Å². The van der Waals surface area contributed by atoms with Crippen LogP contribution in [0.2, 0.25) is 0 Å². The van der Waals surface area contributed by atoms with E-state index >= 15 is 0 Å². The first-order valence-electron chi connectivity index (χ1n) is 8.99. The van der Waals surface area contributed by atoms with E-state index in [4.69, 9.17) is 0 Å². The number of hydrogen-bond donors (Lipinski definition) is 2. The second kappa shape index (κ2) is 7.01. The van der Waals surface area contributed by atoms with Gasteiger partial charge in [-0.05, 0) is 56.3 Å². The number of aliphatic hydroxyl groups excluding tert-OH is 1. The van der Waals surface area contributed by atoms with Gasteiger partial charge in [0.1, 0.15) is 0 Å². The van der Waals surface area contributed by atoms with E-state index in [9.17, 15) is 10.2 Å². The maximum atomic E-state index is 11.0. The summed E-state index contributed by atoms with van der Waals surface area (Å²) in [4.78, 5) is 0.199. The van der Waals surface area contributed by atoms with Gasteiger partial charge in [-0.2, -0.15) is 0 Å². The Hall–Kier alpha value is -0.120. The molecule has 0 aliphatic heterocycles. The van der Waals surface area contributed by atoms with Gasteiger partial charge in [-0.3, -0.25) is 0 Å². The summed E-state index contributed by atoms with van der Waals surface area (Å²) in [6, 6.07) is 0. The summed E-state index contributed by atoms with van der Waals surface area (Å²) >= 11 is 3.81. The van der Waals surface area contributed by atoms with Crippen LogP contribution in [0.1, 0.15) is 59.8 Å². The van der Waals surface area contributed by atoms with Crippen LogP contribution in [-0.2, 0) is 0 Å². The zero-order chi connectivity index (χ0) is 17.4. The van der Waals surface area contributed by atoms with Crippen molar-refractivity contribution in [2.75, 3.05) is 0 Å². The molecule has 2 N–H and O–H groups in total. The van der Waals surface area contributed by atoms with Gasteiger partial charge in [0, 0.05) is 10.7 Å². The highest BCUT2D eigenvalue weighted by Gasteiger charge is 2.55. The van der Waals surface area contributed by atoms with Crippen LogP contribution in [0.25, 0.3) is 0 Å². The molecule has 0 saturated heterocycles. The minimum absolute atomic E-state index is 0.0495. The molecule has 0 spiro atoms. The molecule has 2 rings (SSSR count). The standard InChI is InChI=1S/C20H33BrO2/c1-13(2)15-8-6-7-9-16-19(4,11-10-14(15)3)17(21)12-18(22)20(16,5)23/h7,9,13,15-18,22-23H,3,6,8,10-12H2,1-2,4-5H3/b9-7-/t15-,16-,17-,18+,19-,20-/m0/s1. The normalized spacial score (nSPS) is 47.2. The average Bonchev–Trinajstić information content (AvgIpc) is 2.45. The zero-order valence-corrected chi connectivity index (χ0v) is 16.6. The molecule has 1 saturated carbocycles. The van der Waals surface area contributed by atoms with E-state index < -0.39 is 11.7 Å². The van der Waals surface area contributed by atoms with Gasteiger partial charge in [0.25, 0.3) is 0 Å². The molecule has 0 aromatic rings. The van der Waals surface area contributed by atoms with E-state index in [0.717, 1.165) is 25.7 Å². The van der Waals surface area contributed by atoms with E-state index in [1.165, 1.54) is 5.57 Å². The van der Waals surface area contributed by atoms with Crippen LogP contribution in [-0.4, -0.2) is 26.7 Å². The summed E-state index contributed by atoms with van der Waals surface area (Å²) in [6.45, 7) is 13.0. The fourth-order valence-corrected chi connectivity index (χ4v) is 5.50. The summed E-state index contributed by atoms with van der Waals surface area (Å²) in [5, 5.41) is 21.3. The number of fused-ring (bicyclic) bond motifs is 1. The SMILES string of the molecule is C=C1CC[C@@]2(C)[C@H](/C=C\CC[C@H]1C(C)C)[C@](C)(O)[C@H](O)C[C@@H]2Br. The van der Waals surface area contributed by atoms with Gasteiger partial charge in [0.2, 0.25) is 0 Å². The minimum Gasteiger partial charge on any atom is -0.390 e. The van der Waals surface area contributed by atoms with Crippen molar-refractivity contribution in [3.8, 4) is 0 Å². The Balaban J connectivity index is 2.36. The molecule has 2 aliphatic rings. The first-order valence-corrected chi connectivity index (χ1v) is 9.91. The number of rotatable bonds is 1. The molecule has 6 atom stereocenters. The molecule has 0 radical (unpaired) electrons. The van der Waals surface area contributed by atoms with Crippen molar-refractivity contribution in [3.63, 3.8) is 0 Å². The predicted octanol–water partition coefficient (Wildman–Crippen LogP) is 4.85. The Bertz CT molecular complexity index is 468. The number of halogens is 1. The van der Waals surface area contributed by atoms with Crippen molar-refractivity contribution >= 4 is 15.9 Å². The molecule has 3 heteroatoms. The highest BCUT2D eigenvalue weighted by atomic mass is 79.9. The van der Waals surface area contributed by atoms with Crippen LogP contribution in [0.5, 0.6) is 0 Å². The third kappa shape index (κ3) is 3.62. The largest absolute Gasteiger partial charge is 0.390 e. The Kier molecular flexibility index (Phi) is 5.86. The topological polar surface area (TPSA) is 40.5 Å². The summed E-state index contributed by atoms with van der Waals surface area (Å²) in [6.07, 6.45) is 8.40. The molecule has 0 unspecified atom stereocenters. The lowest BCUT2D eigenvalue weighted by molar-refractivity contribution is -0.149. The number of hydrogen-bond acceptors (Lipinski definition) is 2. The molecule has 0 heterocycles. The maximum absolute atomic E-state index is 11.0. The van der Waals surface area contributed by atoms with Crippen molar-refractivity contribution in [2.24, 2.45) is 23.2 Å². The molecular formula is C20H33BrO2. The average molecular weight is 385 g/mol. The fourth-order valence-electron chi connectivity index (χ4n) is 4.63. The van der Waals surface area contributed by atoms with E-state index in [1.807, 2.05) is 0 Å². The second-order valence-electron chi connectivity index (χ2n) is 8.44. The zero-order valence-electron chi connectivity index (χ0n) is 15.1. The van der Waals surface area contributed by atoms with E-state index in [-0.39, 0.29) is 16.2 Å². The van der Waals surface area contributed by atoms with Gasteiger partial charge >= 0.3 is 0 Å². The van der Waals surface area contributed by atoms with Crippen molar-refractivity contribution in [2.45, 2.75) is 76.3 Å². The third-order valence-electron chi connectivity index (χ3n) is 6.45. The molecule has 0 bridgehead atoms. The quantitative estimate of drug-likeness (QED) is 0.501. The number of aliphatic hydroxyl groups is 2. The summed E-state index contributed by atoms with van der Waals surface area (Å²) in [5.74, 6) is 1.14. The molecule has 0 aromatic carbocycles. The second-order valence-corrected chi connectivity index (χ2v) is 9.55. The van der Waals surface area contributed by atoms with Crippen LogP contribution >= 0.6 is 15.9 Å². The lowest BCUT2D eigenvalue weighted by atomic mass is 9.57. The van der Waals surface area contributed by atoms with Gasteiger partial charge in [-0.15, -0.1) is 0 Å². The van der Waals surface area contributed by atoms with Gasteiger partial charge < -0.3 is 10.2 Å². The summed E-state index contributed by atoms with van der Waals surface area (Å²) in [5.41, 5.74) is 0.190. The molecule has 23 heavy (non-hydrogen) atoms. The maximum Gasteiger partial charge on any atom is 0.0945 e. The monoisotopic (exact) mass is 384 g/mol. The van der Waals surface area contributed by atoms with E-state index in [0.29, 0.717) is 18.3 Å². The number of allylic oxidation sites excluding steroid dienone is 2. The first-order chi connectivity index (χ1) is 10.6. The summed E-state index contributed by atoms with van der Waals surface area (Å²) < 4.78 is 0. The van der Waals surface area contributed by atoms with Crippen LogP contribution < -0.4 is 0 Å². The lowest BCUT2D eigenvalue weighted by Gasteiger charge is -2.54. The predicted molar refractivity (Wildman–Crippen MR) is 101 cm³/mol. The Labute approximate surface area is 150 Å². The van der Waals surface area contributed by atoms with Gasteiger partial charge in [0.05, 0.1) is 11.7 Å². The Morgan fingerprint density at radius 2 is 2.00 bits per heavy atom. The highest BCUT2D eigenvalue weighted by molar-refractivity contribution is 9.09. The number of alkyl halides is 1. The molecular weight excluding hydrogens is 352 g/mol. The van der Waals surface area contributed by atoms with Gasteiger partial charge in [-0.25, -0.2) is 0 Å². The highest BCUT2D eigenvalue weighted by Crippen LogP contribution is 2.53. The Morgan fingerprint density at radius 3 is 2.61 bits per heavy atom. The van der Waals surface area contributed by atoms with Crippen LogP contribution in [0, 0.1) is 23.2 Å². The van der Waals surface area contributed by atoms with Crippen molar-refractivity contribution in [3.05, 3.63) is 24.3 Å².